The molecule has 0 radical (unpaired) electrons. The summed E-state index contributed by atoms with van der Waals surface area (Å²) in [6.45, 7) is 2.65. The fourth-order valence-electron chi connectivity index (χ4n) is 2.62. The van der Waals surface area contributed by atoms with Gasteiger partial charge in [0.1, 0.15) is 6.54 Å². The van der Waals surface area contributed by atoms with Crippen molar-refractivity contribution in [3.63, 3.8) is 0 Å². The van der Waals surface area contributed by atoms with Gasteiger partial charge in [-0.3, -0.25) is 4.79 Å². The zero-order valence-electron chi connectivity index (χ0n) is 12.7. The van der Waals surface area contributed by atoms with Crippen LogP contribution in [0.1, 0.15) is 29.7 Å². The zero-order valence-corrected chi connectivity index (χ0v) is 13.6. The Balaban J connectivity index is 1.94. The molecule has 1 unspecified atom stereocenters. The molecule has 1 aromatic carbocycles. The lowest BCUT2D eigenvalue weighted by atomic mass is 10.0. The fourth-order valence-corrected chi connectivity index (χ4v) is 3.86. The SMILES string of the molecule is CCCN(CC(=O)O)C(=O)NCC1SCCc2ccccc21. The van der Waals surface area contributed by atoms with Crippen LogP contribution < -0.4 is 5.32 Å². The van der Waals surface area contributed by atoms with Gasteiger partial charge in [-0.25, -0.2) is 4.79 Å². The van der Waals surface area contributed by atoms with Gasteiger partial charge in [0, 0.05) is 18.3 Å². The van der Waals surface area contributed by atoms with Crippen molar-refractivity contribution in [2.75, 3.05) is 25.4 Å². The molecule has 22 heavy (non-hydrogen) atoms. The summed E-state index contributed by atoms with van der Waals surface area (Å²) in [4.78, 5) is 24.3. The van der Waals surface area contributed by atoms with Gasteiger partial charge in [-0.2, -0.15) is 11.8 Å². The molecule has 0 spiro atoms. The monoisotopic (exact) mass is 322 g/mol. The maximum Gasteiger partial charge on any atom is 0.323 e. The lowest BCUT2D eigenvalue weighted by Gasteiger charge is -2.27. The molecule has 2 N–H and O–H groups in total. The second-order valence-corrected chi connectivity index (χ2v) is 6.62. The minimum atomic E-state index is -0.985. The third-order valence-corrected chi connectivity index (χ3v) is 4.90. The third-order valence-electron chi connectivity index (χ3n) is 3.64. The van der Waals surface area contributed by atoms with E-state index in [0.29, 0.717) is 13.1 Å². The molecule has 1 aliphatic rings. The summed E-state index contributed by atoms with van der Waals surface area (Å²) < 4.78 is 0. The number of aliphatic carboxylic acids is 1. The largest absolute Gasteiger partial charge is 0.480 e. The number of carboxylic acids is 1. The molecule has 0 aliphatic carbocycles. The normalized spacial score (nSPS) is 16.7. The number of carbonyl (C=O) groups excluding carboxylic acids is 1. The minimum absolute atomic E-state index is 0.238. The minimum Gasteiger partial charge on any atom is -0.480 e. The summed E-state index contributed by atoms with van der Waals surface area (Å²) in [7, 11) is 0. The van der Waals surface area contributed by atoms with E-state index in [0.717, 1.165) is 18.6 Å². The molecule has 2 amide bonds. The smallest absolute Gasteiger partial charge is 0.323 e. The summed E-state index contributed by atoms with van der Waals surface area (Å²) >= 11 is 1.84. The maximum atomic E-state index is 12.2. The van der Waals surface area contributed by atoms with Crippen molar-refractivity contribution < 1.29 is 14.7 Å². The standard InChI is InChI=1S/C16H22N2O3S/c1-2-8-18(11-15(19)20)16(21)17-10-14-13-6-4-3-5-12(13)7-9-22-14/h3-6,14H,2,7-11H2,1H3,(H,17,21)(H,19,20). The Labute approximate surface area is 135 Å². The summed E-state index contributed by atoms with van der Waals surface area (Å²) in [5, 5.41) is 12.0. The molecular formula is C16H22N2O3S. The van der Waals surface area contributed by atoms with Crippen molar-refractivity contribution in [1.82, 2.24) is 10.2 Å². The highest BCUT2D eigenvalue weighted by Crippen LogP contribution is 2.35. The first kappa shape index (κ1) is 16.7. The van der Waals surface area contributed by atoms with Crippen molar-refractivity contribution in [2.24, 2.45) is 0 Å². The van der Waals surface area contributed by atoms with Crippen molar-refractivity contribution in [3.05, 3.63) is 35.4 Å². The van der Waals surface area contributed by atoms with Gasteiger partial charge in [-0.15, -0.1) is 0 Å². The number of amides is 2. The number of carboxylic acid groups (broad SMARTS) is 1. The lowest BCUT2D eigenvalue weighted by Crippen LogP contribution is -2.44. The van der Waals surface area contributed by atoms with Crippen LogP contribution in [0.2, 0.25) is 0 Å². The van der Waals surface area contributed by atoms with Gasteiger partial charge < -0.3 is 15.3 Å². The first-order chi connectivity index (χ1) is 10.6. The Hall–Kier alpha value is -1.69. The number of urea groups is 1. The zero-order chi connectivity index (χ0) is 15.9. The quantitative estimate of drug-likeness (QED) is 0.844. The molecule has 0 bridgehead atoms. The van der Waals surface area contributed by atoms with Crippen LogP contribution in [0.3, 0.4) is 0 Å². The van der Waals surface area contributed by atoms with E-state index in [4.69, 9.17) is 5.11 Å². The van der Waals surface area contributed by atoms with E-state index in [-0.39, 0.29) is 17.8 Å². The molecule has 0 saturated carbocycles. The van der Waals surface area contributed by atoms with Crippen LogP contribution in [0.4, 0.5) is 4.79 Å². The second kappa shape index (κ2) is 8.08. The molecule has 5 nitrogen and oxygen atoms in total. The highest BCUT2D eigenvalue weighted by Gasteiger charge is 2.22. The number of aryl methyl sites for hydroxylation is 1. The van der Waals surface area contributed by atoms with Crippen molar-refractivity contribution in [1.29, 1.82) is 0 Å². The van der Waals surface area contributed by atoms with E-state index in [1.54, 1.807) is 0 Å². The maximum absolute atomic E-state index is 12.2. The number of fused-ring (bicyclic) bond motifs is 1. The Morgan fingerprint density at radius 1 is 1.41 bits per heavy atom. The Morgan fingerprint density at radius 2 is 2.18 bits per heavy atom. The number of benzene rings is 1. The predicted octanol–water partition coefficient (Wildman–Crippen LogP) is 2.52. The van der Waals surface area contributed by atoms with Crippen LogP contribution in [0.25, 0.3) is 0 Å². The second-order valence-electron chi connectivity index (χ2n) is 5.31. The van der Waals surface area contributed by atoms with Gasteiger partial charge in [0.05, 0.1) is 0 Å². The van der Waals surface area contributed by atoms with E-state index in [1.165, 1.54) is 16.0 Å². The molecule has 2 rings (SSSR count). The van der Waals surface area contributed by atoms with Gasteiger partial charge in [-0.05, 0) is 29.7 Å². The van der Waals surface area contributed by atoms with Crippen molar-refractivity contribution in [2.45, 2.75) is 25.0 Å². The number of rotatable bonds is 6. The fraction of sp³-hybridized carbons (Fsp3) is 0.500. The Bertz CT molecular complexity index is 536. The van der Waals surface area contributed by atoms with E-state index in [9.17, 15) is 9.59 Å². The molecule has 1 heterocycles. The Morgan fingerprint density at radius 3 is 2.91 bits per heavy atom. The molecule has 1 aliphatic heterocycles. The summed E-state index contributed by atoms with van der Waals surface area (Å²) in [5.74, 6) is 0.0618. The number of nitrogens with one attached hydrogen (secondary N) is 1. The molecular weight excluding hydrogens is 300 g/mol. The molecule has 0 fully saturated rings. The molecule has 1 aromatic rings. The third kappa shape index (κ3) is 4.40. The van der Waals surface area contributed by atoms with Gasteiger partial charge in [-0.1, -0.05) is 31.2 Å². The molecule has 1 atom stereocenters. The van der Waals surface area contributed by atoms with Crippen LogP contribution >= 0.6 is 11.8 Å². The average Bonchev–Trinajstić information content (AvgIpc) is 2.51. The number of hydrogen-bond acceptors (Lipinski definition) is 3. The van der Waals surface area contributed by atoms with E-state index < -0.39 is 5.97 Å². The first-order valence-corrected chi connectivity index (χ1v) is 8.60. The van der Waals surface area contributed by atoms with Crippen LogP contribution in [0.5, 0.6) is 0 Å². The number of hydrogen-bond donors (Lipinski definition) is 2. The molecule has 0 saturated heterocycles. The predicted molar refractivity (Wildman–Crippen MR) is 88.2 cm³/mol. The summed E-state index contributed by atoms with van der Waals surface area (Å²) in [6, 6.07) is 8.01. The van der Waals surface area contributed by atoms with Gasteiger partial charge >= 0.3 is 12.0 Å². The van der Waals surface area contributed by atoms with Crippen LogP contribution in [0, 0.1) is 0 Å². The molecule has 6 heteroatoms. The van der Waals surface area contributed by atoms with Crippen LogP contribution in [-0.2, 0) is 11.2 Å². The summed E-state index contributed by atoms with van der Waals surface area (Å²) in [5.41, 5.74) is 2.62. The van der Waals surface area contributed by atoms with Gasteiger partial charge in [0.2, 0.25) is 0 Å². The Kier molecular flexibility index (Phi) is 6.12. The topological polar surface area (TPSA) is 69.6 Å². The lowest BCUT2D eigenvalue weighted by molar-refractivity contribution is -0.137. The van der Waals surface area contributed by atoms with Crippen LogP contribution in [0.15, 0.2) is 24.3 Å². The van der Waals surface area contributed by atoms with E-state index >= 15 is 0 Å². The van der Waals surface area contributed by atoms with Crippen molar-refractivity contribution in [3.8, 4) is 0 Å². The van der Waals surface area contributed by atoms with E-state index in [1.807, 2.05) is 30.8 Å². The molecule has 0 aromatic heterocycles. The highest BCUT2D eigenvalue weighted by atomic mass is 32.2. The van der Waals surface area contributed by atoms with Gasteiger partial charge in [0.15, 0.2) is 0 Å². The van der Waals surface area contributed by atoms with Crippen molar-refractivity contribution >= 4 is 23.8 Å². The number of thioether (sulfide) groups is 1. The number of carbonyl (C=O) groups is 2. The summed E-state index contributed by atoms with van der Waals surface area (Å²) in [6.07, 6.45) is 1.80. The van der Waals surface area contributed by atoms with Gasteiger partial charge in [0.25, 0.3) is 0 Å². The average molecular weight is 322 g/mol. The van der Waals surface area contributed by atoms with E-state index in [2.05, 4.69) is 17.4 Å². The highest BCUT2D eigenvalue weighted by molar-refractivity contribution is 7.99. The first-order valence-electron chi connectivity index (χ1n) is 7.55. The number of nitrogens with zero attached hydrogens (tertiary/aromatic N) is 1. The molecule has 120 valence electrons. The van der Waals surface area contributed by atoms with Crippen LogP contribution in [-0.4, -0.2) is 47.4 Å².